The van der Waals surface area contributed by atoms with Gasteiger partial charge in [0.25, 0.3) is 0 Å². The van der Waals surface area contributed by atoms with Crippen LogP contribution in [0.5, 0.6) is 0 Å². The van der Waals surface area contributed by atoms with Gasteiger partial charge in [0.05, 0.1) is 5.69 Å². The number of rotatable bonds is 4. The van der Waals surface area contributed by atoms with Crippen molar-refractivity contribution >= 4 is 38.9 Å². The third kappa shape index (κ3) is 3.96. The standard InChI is InChI=1S/C14H14BrNOS/c1-10-8-13(9-18-10)16-14(17)7-4-11-2-5-12(15)6-3-11/h2-3,5-6,8-9H,4,7H2,1H3,(H,16,17). The van der Waals surface area contributed by atoms with E-state index >= 15 is 0 Å². The van der Waals surface area contributed by atoms with Gasteiger partial charge in [0, 0.05) is 21.2 Å². The fourth-order valence-electron chi connectivity index (χ4n) is 1.64. The lowest BCUT2D eigenvalue weighted by Gasteiger charge is -2.03. The Hall–Kier alpha value is -1.13. The molecule has 1 amide bonds. The molecule has 0 atom stereocenters. The molecule has 1 aromatic carbocycles. The van der Waals surface area contributed by atoms with Crippen molar-refractivity contribution in [3.63, 3.8) is 0 Å². The molecule has 0 aliphatic carbocycles. The predicted octanol–water partition coefficient (Wildman–Crippen LogP) is 4.39. The lowest BCUT2D eigenvalue weighted by atomic mass is 10.1. The summed E-state index contributed by atoms with van der Waals surface area (Å²) >= 11 is 5.04. The van der Waals surface area contributed by atoms with Crippen molar-refractivity contribution in [2.75, 3.05) is 5.32 Å². The lowest BCUT2D eigenvalue weighted by molar-refractivity contribution is -0.116. The van der Waals surface area contributed by atoms with Gasteiger partial charge in [0.2, 0.25) is 5.91 Å². The predicted molar refractivity (Wildman–Crippen MR) is 80.1 cm³/mol. The first-order valence-corrected chi connectivity index (χ1v) is 7.40. The maximum Gasteiger partial charge on any atom is 0.224 e. The van der Waals surface area contributed by atoms with E-state index in [-0.39, 0.29) is 5.91 Å². The molecule has 0 saturated heterocycles. The molecule has 1 aromatic heterocycles. The molecule has 0 fully saturated rings. The van der Waals surface area contributed by atoms with E-state index in [1.807, 2.05) is 42.6 Å². The number of hydrogen-bond acceptors (Lipinski definition) is 2. The fourth-order valence-corrected chi connectivity index (χ4v) is 2.54. The zero-order valence-electron chi connectivity index (χ0n) is 10.1. The van der Waals surface area contributed by atoms with Gasteiger partial charge in [-0.2, -0.15) is 0 Å². The van der Waals surface area contributed by atoms with Crippen molar-refractivity contribution in [2.24, 2.45) is 0 Å². The molecule has 2 rings (SSSR count). The molecule has 0 saturated carbocycles. The molecule has 4 heteroatoms. The number of amides is 1. The van der Waals surface area contributed by atoms with Crippen molar-refractivity contribution in [2.45, 2.75) is 19.8 Å². The second-order valence-electron chi connectivity index (χ2n) is 4.12. The normalized spacial score (nSPS) is 10.3. The van der Waals surface area contributed by atoms with E-state index in [1.54, 1.807) is 11.3 Å². The molecule has 2 aromatic rings. The highest BCUT2D eigenvalue weighted by Gasteiger charge is 2.04. The second kappa shape index (κ2) is 6.16. The van der Waals surface area contributed by atoms with E-state index in [2.05, 4.69) is 21.2 Å². The van der Waals surface area contributed by atoms with Crippen LogP contribution in [0.25, 0.3) is 0 Å². The number of carbonyl (C=O) groups is 1. The number of halogens is 1. The third-order valence-corrected chi connectivity index (χ3v) is 3.96. The summed E-state index contributed by atoms with van der Waals surface area (Å²) in [6.07, 6.45) is 1.28. The summed E-state index contributed by atoms with van der Waals surface area (Å²) in [7, 11) is 0. The number of nitrogens with one attached hydrogen (secondary N) is 1. The number of hydrogen-bond donors (Lipinski definition) is 1. The highest BCUT2D eigenvalue weighted by atomic mass is 79.9. The number of anilines is 1. The van der Waals surface area contributed by atoms with Crippen LogP contribution in [0.2, 0.25) is 0 Å². The summed E-state index contributed by atoms with van der Waals surface area (Å²) < 4.78 is 1.06. The van der Waals surface area contributed by atoms with Crippen molar-refractivity contribution in [3.8, 4) is 0 Å². The van der Waals surface area contributed by atoms with Crippen LogP contribution < -0.4 is 5.32 Å². The highest BCUT2D eigenvalue weighted by molar-refractivity contribution is 9.10. The molecule has 0 aliphatic rings. The van der Waals surface area contributed by atoms with E-state index in [0.717, 1.165) is 16.6 Å². The Labute approximate surface area is 119 Å². The van der Waals surface area contributed by atoms with Crippen LogP contribution in [0.1, 0.15) is 16.9 Å². The molecule has 18 heavy (non-hydrogen) atoms. The van der Waals surface area contributed by atoms with Gasteiger partial charge in [0.1, 0.15) is 0 Å². The zero-order chi connectivity index (χ0) is 13.0. The number of aryl methyl sites for hydroxylation is 2. The molecule has 0 aliphatic heterocycles. The average molecular weight is 324 g/mol. The number of benzene rings is 1. The molecule has 0 radical (unpaired) electrons. The molecule has 94 valence electrons. The number of carbonyl (C=O) groups excluding carboxylic acids is 1. The van der Waals surface area contributed by atoms with Crippen LogP contribution in [0, 0.1) is 6.92 Å². The monoisotopic (exact) mass is 323 g/mol. The first kappa shape index (κ1) is 13.3. The quantitative estimate of drug-likeness (QED) is 0.888. The van der Waals surface area contributed by atoms with Gasteiger partial charge < -0.3 is 5.32 Å². The topological polar surface area (TPSA) is 29.1 Å². The summed E-state index contributed by atoms with van der Waals surface area (Å²) in [5.74, 6) is 0.0655. The van der Waals surface area contributed by atoms with Crippen molar-refractivity contribution < 1.29 is 4.79 Å². The smallest absolute Gasteiger partial charge is 0.224 e. The van der Waals surface area contributed by atoms with Gasteiger partial charge in [-0.3, -0.25) is 4.79 Å². The van der Waals surface area contributed by atoms with Crippen molar-refractivity contribution in [3.05, 3.63) is 50.6 Å². The summed E-state index contributed by atoms with van der Waals surface area (Å²) in [6.45, 7) is 2.03. The molecule has 2 nitrogen and oxygen atoms in total. The minimum absolute atomic E-state index is 0.0655. The fraction of sp³-hybridized carbons (Fsp3) is 0.214. The van der Waals surface area contributed by atoms with Crippen LogP contribution in [0.4, 0.5) is 5.69 Å². The molecule has 0 bridgehead atoms. The Kier molecular flexibility index (Phi) is 4.55. The lowest BCUT2D eigenvalue weighted by Crippen LogP contribution is -2.11. The maximum atomic E-state index is 11.7. The molecule has 0 unspecified atom stereocenters. The number of thiophene rings is 1. The second-order valence-corrected chi connectivity index (χ2v) is 6.15. The van der Waals surface area contributed by atoms with Crippen LogP contribution >= 0.6 is 27.3 Å². The Morgan fingerprint density at radius 1 is 1.33 bits per heavy atom. The van der Waals surface area contributed by atoms with Crippen molar-refractivity contribution in [1.29, 1.82) is 0 Å². The van der Waals surface area contributed by atoms with Gasteiger partial charge in [0.15, 0.2) is 0 Å². The van der Waals surface area contributed by atoms with Gasteiger partial charge in [-0.05, 0) is 37.1 Å². The first-order chi connectivity index (χ1) is 8.63. The Bertz CT molecular complexity index is 533. The van der Waals surface area contributed by atoms with Gasteiger partial charge in [-0.25, -0.2) is 0 Å². The van der Waals surface area contributed by atoms with Crippen LogP contribution in [0.15, 0.2) is 40.2 Å². The van der Waals surface area contributed by atoms with Gasteiger partial charge >= 0.3 is 0 Å². The molecule has 1 heterocycles. The molecular formula is C14H14BrNOS. The Morgan fingerprint density at radius 3 is 2.67 bits per heavy atom. The third-order valence-electron chi connectivity index (χ3n) is 2.57. The van der Waals surface area contributed by atoms with E-state index in [4.69, 9.17) is 0 Å². The van der Waals surface area contributed by atoms with Gasteiger partial charge in [-0.1, -0.05) is 28.1 Å². The molecule has 1 N–H and O–H groups in total. The minimum atomic E-state index is 0.0655. The van der Waals surface area contributed by atoms with E-state index in [0.29, 0.717) is 6.42 Å². The van der Waals surface area contributed by atoms with Crippen LogP contribution in [0.3, 0.4) is 0 Å². The van der Waals surface area contributed by atoms with Crippen molar-refractivity contribution in [1.82, 2.24) is 0 Å². The average Bonchev–Trinajstić information content (AvgIpc) is 2.74. The summed E-state index contributed by atoms with van der Waals surface area (Å²) in [4.78, 5) is 13.0. The molecular weight excluding hydrogens is 310 g/mol. The van der Waals surface area contributed by atoms with Crippen LogP contribution in [-0.2, 0) is 11.2 Å². The summed E-state index contributed by atoms with van der Waals surface area (Å²) in [5, 5.41) is 4.87. The van der Waals surface area contributed by atoms with E-state index in [1.165, 1.54) is 10.4 Å². The first-order valence-electron chi connectivity index (χ1n) is 5.73. The Morgan fingerprint density at radius 2 is 2.06 bits per heavy atom. The van der Waals surface area contributed by atoms with Crippen LogP contribution in [-0.4, -0.2) is 5.91 Å². The largest absolute Gasteiger partial charge is 0.325 e. The van der Waals surface area contributed by atoms with E-state index < -0.39 is 0 Å². The molecule has 0 spiro atoms. The Balaban J connectivity index is 1.83. The van der Waals surface area contributed by atoms with Gasteiger partial charge in [-0.15, -0.1) is 11.3 Å². The summed E-state index contributed by atoms with van der Waals surface area (Å²) in [6, 6.07) is 10.0. The SMILES string of the molecule is Cc1cc(NC(=O)CCc2ccc(Br)cc2)cs1. The minimum Gasteiger partial charge on any atom is -0.325 e. The van der Waals surface area contributed by atoms with E-state index in [9.17, 15) is 4.79 Å². The summed E-state index contributed by atoms with van der Waals surface area (Å²) in [5.41, 5.74) is 2.08. The highest BCUT2D eigenvalue weighted by Crippen LogP contribution is 2.18. The zero-order valence-corrected chi connectivity index (χ0v) is 12.5. The maximum absolute atomic E-state index is 11.7.